The summed E-state index contributed by atoms with van der Waals surface area (Å²) in [5.74, 6) is -0.319. The van der Waals surface area contributed by atoms with Crippen molar-refractivity contribution in [1.82, 2.24) is 9.80 Å². The van der Waals surface area contributed by atoms with Crippen LogP contribution in [0.15, 0.2) is 47.5 Å². The Kier molecular flexibility index (Phi) is 6.92. The number of fused-ring (bicyclic) bond motifs is 1. The summed E-state index contributed by atoms with van der Waals surface area (Å²) < 4.78 is 10.7. The highest BCUT2D eigenvalue weighted by molar-refractivity contribution is 6.06. The number of hydrogen-bond donors (Lipinski definition) is 0. The number of hydrogen-bond acceptors (Lipinski definition) is 6. The normalized spacial score (nSPS) is 21.6. The summed E-state index contributed by atoms with van der Waals surface area (Å²) in [5.41, 5.74) is 1.23. The first-order chi connectivity index (χ1) is 14.3. The van der Waals surface area contributed by atoms with Gasteiger partial charge in [-0.25, -0.2) is 4.79 Å². The maximum Gasteiger partial charge on any atom is 0.412 e. The Labute approximate surface area is 178 Å². The van der Waals surface area contributed by atoms with Crippen LogP contribution in [0.25, 0.3) is 0 Å². The molecule has 2 heterocycles. The number of aliphatic imine (C=N–C) groups is 1. The van der Waals surface area contributed by atoms with E-state index >= 15 is 0 Å². The zero-order valence-corrected chi connectivity index (χ0v) is 18.2. The maximum absolute atomic E-state index is 12.9. The van der Waals surface area contributed by atoms with Crippen LogP contribution in [0.1, 0.15) is 39.7 Å². The van der Waals surface area contributed by atoms with Crippen molar-refractivity contribution in [3.05, 3.63) is 48.0 Å². The van der Waals surface area contributed by atoms with E-state index in [1.807, 2.05) is 51.1 Å². The molecule has 1 aromatic carbocycles. The maximum atomic E-state index is 12.9. The van der Waals surface area contributed by atoms with E-state index in [1.165, 1.54) is 5.56 Å². The van der Waals surface area contributed by atoms with Crippen LogP contribution in [-0.2, 0) is 20.8 Å². The van der Waals surface area contributed by atoms with Crippen LogP contribution in [0.3, 0.4) is 0 Å². The molecule has 2 atom stereocenters. The molecule has 30 heavy (non-hydrogen) atoms. The fourth-order valence-corrected chi connectivity index (χ4v) is 3.67. The molecule has 0 saturated carbocycles. The largest absolute Gasteiger partial charge is 0.466 e. The van der Waals surface area contributed by atoms with E-state index in [0.717, 1.165) is 6.54 Å². The summed E-state index contributed by atoms with van der Waals surface area (Å²) in [5, 5.41) is 0. The lowest BCUT2D eigenvalue weighted by molar-refractivity contribution is -0.141. The van der Waals surface area contributed by atoms with Gasteiger partial charge in [-0.15, -0.1) is 0 Å². The highest BCUT2D eigenvalue weighted by Gasteiger charge is 2.40. The molecule has 0 aliphatic carbocycles. The molecule has 7 nitrogen and oxygen atoms in total. The predicted molar refractivity (Wildman–Crippen MR) is 115 cm³/mol. The van der Waals surface area contributed by atoms with Gasteiger partial charge < -0.3 is 9.47 Å². The molecule has 2 aliphatic heterocycles. The van der Waals surface area contributed by atoms with Crippen molar-refractivity contribution in [2.45, 2.75) is 58.5 Å². The number of carbonyl (C=O) groups is 2. The molecular weight excluding hydrogens is 382 g/mol. The van der Waals surface area contributed by atoms with Gasteiger partial charge in [0.15, 0.2) is 0 Å². The molecule has 162 valence electrons. The Bertz CT molecular complexity index is 813. The predicted octanol–water partition coefficient (Wildman–Crippen LogP) is 3.40. The number of allylic oxidation sites excluding steroid dienone is 1. The summed E-state index contributed by atoms with van der Waals surface area (Å²) in [6, 6.07) is 10.2. The number of rotatable bonds is 5. The third kappa shape index (κ3) is 5.69. The summed E-state index contributed by atoms with van der Waals surface area (Å²) in [6.45, 7) is 9.64. The zero-order chi connectivity index (χ0) is 21.7. The van der Waals surface area contributed by atoms with Gasteiger partial charge in [0, 0.05) is 25.3 Å². The molecular formula is C23H31N3O4. The second-order valence-electron chi connectivity index (χ2n) is 8.50. The van der Waals surface area contributed by atoms with Gasteiger partial charge >= 0.3 is 12.1 Å². The van der Waals surface area contributed by atoms with Crippen LogP contribution in [0.5, 0.6) is 0 Å². The quantitative estimate of drug-likeness (QED) is 0.692. The number of nitrogens with zero attached hydrogens (tertiary/aromatic N) is 3. The summed E-state index contributed by atoms with van der Waals surface area (Å²) in [6.07, 6.45) is 3.17. The van der Waals surface area contributed by atoms with Crippen molar-refractivity contribution in [3.8, 4) is 0 Å². The average Bonchev–Trinajstić information content (AvgIpc) is 2.67. The number of carbonyl (C=O) groups excluding carboxylic acids is 2. The van der Waals surface area contributed by atoms with Gasteiger partial charge in [0.2, 0.25) is 0 Å². The minimum absolute atomic E-state index is 0.0857. The van der Waals surface area contributed by atoms with Crippen LogP contribution in [0.4, 0.5) is 4.79 Å². The van der Waals surface area contributed by atoms with E-state index in [0.29, 0.717) is 25.4 Å². The van der Waals surface area contributed by atoms with Crippen molar-refractivity contribution in [2.75, 3.05) is 19.7 Å². The van der Waals surface area contributed by atoms with Crippen LogP contribution in [0, 0.1) is 0 Å². The van der Waals surface area contributed by atoms with E-state index in [2.05, 4.69) is 17.0 Å². The molecule has 1 fully saturated rings. The van der Waals surface area contributed by atoms with E-state index in [4.69, 9.17) is 14.5 Å². The van der Waals surface area contributed by atoms with Gasteiger partial charge in [-0.2, -0.15) is 0 Å². The van der Waals surface area contributed by atoms with Gasteiger partial charge in [0.1, 0.15) is 11.8 Å². The summed E-state index contributed by atoms with van der Waals surface area (Å²) in [7, 11) is 0. The third-order valence-electron chi connectivity index (χ3n) is 4.95. The number of esters is 1. The SMILES string of the molecule is CCOC(=O)CC1=N[C@H]2[C@@H](C=C1)N(Cc1ccccc1)CCN2C(=O)OC(C)(C)C. The van der Waals surface area contributed by atoms with E-state index in [9.17, 15) is 9.59 Å². The lowest BCUT2D eigenvalue weighted by Crippen LogP contribution is -2.61. The highest BCUT2D eigenvalue weighted by Crippen LogP contribution is 2.27. The first-order valence-electron chi connectivity index (χ1n) is 10.4. The van der Waals surface area contributed by atoms with Gasteiger partial charge in [-0.05, 0) is 39.3 Å². The fraction of sp³-hybridized carbons (Fsp3) is 0.522. The number of ether oxygens (including phenoxy) is 2. The van der Waals surface area contributed by atoms with E-state index in [1.54, 1.807) is 11.8 Å². The first kappa shape index (κ1) is 22.0. The molecule has 1 saturated heterocycles. The zero-order valence-electron chi connectivity index (χ0n) is 18.2. The average molecular weight is 414 g/mol. The Morgan fingerprint density at radius 2 is 1.90 bits per heavy atom. The van der Waals surface area contributed by atoms with Crippen molar-refractivity contribution < 1.29 is 19.1 Å². The molecule has 0 unspecified atom stereocenters. The van der Waals surface area contributed by atoms with E-state index in [-0.39, 0.29) is 24.5 Å². The number of amides is 1. The van der Waals surface area contributed by atoms with Crippen LogP contribution < -0.4 is 0 Å². The van der Waals surface area contributed by atoms with Crippen molar-refractivity contribution in [2.24, 2.45) is 4.99 Å². The monoisotopic (exact) mass is 413 g/mol. The fourth-order valence-electron chi connectivity index (χ4n) is 3.67. The third-order valence-corrected chi connectivity index (χ3v) is 4.95. The van der Waals surface area contributed by atoms with E-state index < -0.39 is 11.8 Å². The Morgan fingerprint density at radius 1 is 1.17 bits per heavy atom. The molecule has 0 spiro atoms. The van der Waals surface area contributed by atoms with Crippen LogP contribution >= 0.6 is 0 Å². The molecule has 0 aromatic heterocycles. The molecule has 7 heteroatoms. The topological polar surface area (TPSA) is 71.4 Å². The second kappa shape index (κ2) is 9.43. The minimum Gasteiger partial charge on any atom is -0.466 e. The van der Waals surface area contributed by atoms with Gasteiger partial charge in [0.05, 0.1) is 19.1 Å². The van der Waals surface area contributed by atoms with Crippen molar-refractivity contribution in [1.29, 1.82) is 0 Å². The Morgan fingerprint density at radius 3 is 2.57 bits per heavy atom. The first-order valence-corrected chi connectivity index (χ1v) is 10.4. The van der Waals surface area contributed by atoms with Crippen molar-refractivity contribution >= 4 is 17.8 Å². The molecule has 0 N–H and O–H groups in total. The van der Waals surface area contributed by atoms with Crippen LogP contribution in [-0.4, -0.2) is 65.1 Å². The smallest absolute Gasteiger partial charge is 0.412 e. The number of piperazine rings is 1. The van der Waals surface area contributed by atoms with Gasteiger partial charge in [-0.1, -0.05) is 36.4 Å². The molecule has 0 radical (unpaired) electrons. The second-order valence-corrected chi connectivity index (χ2v) is 8.50. The Hall–Kier alpha value is -2.67. The standard InChI is InChI=1S/C23H31N3O4/c1-5-29-20(27)15-18-11-12-19-21(24-18)26(22(28)30-23(2,3)4)14-13-25(19)16-17-9-7-6-8-10-17/h6-12,19,21H,5,13-16H2,1-4H3/t19-,21-/m1/s1. The van der Waals surface area contributed by atoms with Crippen molar-refractivity contribution in [3.63, 3.8) is 0 Å². The highest BCUT2D eigenvalue weighted by atomic mass is 16.6. The van der Waals surface area contributed by atoms with Crippen LogP contribution in [0.2, 0.25) is 0 Å². The minimum atomic E-state index is -0.588. The van der Waals surface area contributed by atoms with Gasteiger partial charge in [-0.3, -0.25) is 19.6 Å². The lowest BCUT2D eigenvalue weighted by Gasteiger charge is -2.46. The van der Waals surface area contributed by atoms with Gasteiger partial charge in [0.25, 0.3) is 0 Å². The lowest BCUT2D eigenvalue weighted by atomic mass is 10.0. The molecule has 1 amide bonds. The summed E-state index contributed by atoms with van der Waals surface area (Å²) in [4.78, 5) is 33.5. The number of dihydropyridines is 1. The molecule has 0 bridgehead atoms. The molecule has 1 aromatic rings. The molecule has 3 rings (SSSR count). The summed E-state index contributed by atoms with van der Waals surface area (Å²) >= 11 is 0. The Balaban J connectivity index is 1.82. The molecule has 2 aliphatic rings. The number of benzene rings is 1.